The molecule has 3 aromatic rings. The first-order valence-corrected chi connectivity index (χ1v) is 14.8. The van der Waals surface area contributed by atoms with E-state index < -0.39 is 17.4 Å². The van der Waals surface area contributed by atoms with Gasteiger partial charge in [-0.15, -0.1) is 12.4 Å². The number of rotatable bonds is 12. The van der Waals surface area contributed by atoms with Crippen LogP contribution in [0.25, 0.3) is 5.65 Å². The van der Waals surface area contributed by atoms with Crippen molar-refractivity contribution in [3.05, 3.63) is 42.0 Å². The molecule has 0 aromatic carbocycles. The number of likely N-dealkylation sites (tertiary alicyclic amines) is 1. The quantitative estimate of drug-likeness (QED) is 0.149. The number of imidazole rings is 1. The summed E-state index contributed by atoms with van der Waals surface area (Å²) in [7, 11) is 3.69. The van der Waals surface area contributed by atoms with Gasteiger partial charge >= 0.3 is 11.5 Å². The van der Waals surface area contributed by atoms with Gasteiger partial charge in [-0.05, 0) is 44.5 Å². The minimum atomic E-state index is -4.54. The highest BCUT2D eigenvalue weighted by Gasteiger charge is 2.36. The Balaban J connectivity index is 0.00000552. The summed E-state index contributed by atoms with van der Waals surface area (Å²) in [4.78, 5) is 32.7. The molecule has 45 heavy (non-hydrogen) atoms. The summed E-state index contributed by atoms with van der Waals surface area (Å²) in [6, 6.07) is 3.09. The molecular formula is C28H36ClF3N8O4S. The van der Waals surface area contributed by atoms with Crippen molar-refractivity contribution in [3.8, 4) is 11.8 Å². The van der Waals surface area contributed by atoms with Crippen LogP contribution in [0.5, 0.6) is 0 Å². The Bertz CT molecular complexity index is 1520. The van der Waals surface area contributed by atoms with Crippen molar-refractivity contribution in [1.29, 1.82) is 0 Å². The van der Waals surface area contributed by atoms with Crippen molar-refractivity contribution in [1.82, 2.24) is 29.0 Å². The molecule has 4 heterocycles. The number of hydrogen-bond donors (Lipinski definition) is 3. The summed E-state index contributed by atoms with van der Waals surface area (Å²) in [5.74, 6) is 3.74. The van der Waals surface area contributed by atoms with Crippen LogP contribution in [0.1, 0.15) is 28.9 Å². The number of ether oxygens (including phenoxy) is 1. The Kier molecular flexibility index (Phi) is 12.9. The zero-order chi connectivity index (χ0) is 31.9. The predicted molar refractivity (Wildman–Crippen MR) is 166 cm³/mol. The summed E-state index contributed by atoms with van der Waals surface area (Å²) in [5, 5.41) is 16.2. The highest BCUT2D eigenvalue weighted by Crippen LogP contribution is 2.39. The number of anilines is 1. The van der Waals surface area contributed by atoms with E-state index in [2.05, 4.69) is 32.1 Å². The highest BCUT2D eigenvalue weighted by molar-refractivity contribution is 8.00. The van der Waals surface area contributed by atoms with E-state index in [0.717, 1.165) is 6.54 Å². The molecule has 3 aromatic heterocycles. The molecule has 17 heteroatoms. The summed E-state index contributed by atoms with van der Waals surface area (Å²) in [6.07, 6.45) is 5.47. The molecule has 1 saturated heterocycles. The normalized spacial score (nSPS) is 16.9. The van der Waals surface area contributed by atoms with E-state index in [-0.39, 0.29) is 64.6 Å². The molecule has 1 aliphatic rings. The van der Waals surface area contributed by atoms with Crippen LogP contribution in [0.15, 0.2) is 35.7 Å². The number of aromatic carboxylic acids is 1. The van der Waals surface area contributed by atoms with Gasteiger partial charge in [-0.25, -0.2) is 9.78 Å². The number of aromatic nitrogens is 4. The molecule has 12 nitrogen and oxygen atoms in total. The van der Waals surface area contributed by atoms with Crippen molar-refractivity contribution in [2.75, 3.05) is 58.8 Å². The number of thioether (sulfide) groups is 1. The first kappa shape index (κ1) is 36.0. The van der Waals surface area contributed by atoms with Crippen LogP contribution >= 0.6 is 24.2 Å². The molecular weight excluding hydrogens is 637 g/mol. The molecule has 1 aliphatic heterocycles. The Labute approximate surface area is 268 Å². The number of fused-ring (bicyclic) bond motifs is 1. The third kappa shape index (κ3) is 9.75. The van der Waals surface area contributed by atoms with E-state index in [1.54, 1.807) is 24.1 Å². The second-order valence-corrected chi connectivity index (χ2v) is 11.4. The van der Waals surface area contributed by atoms with Crippen LogP contribution in [0, 0.1) is 17.8 Å². The number of pyridine rings is 1. The molecule has 2 atom stereocenters. The fourth-order valence-electron chi connectivity index (χ4n) is 4.97. The smallest absolute Gasteiger partial charge is 0.447 e. The average molecular weight is 673 g/mol. The van der Waals surface area contributed by atoms with Gasteiger partial charge < -0.3 is 30.7 Å². The van der Waals surface area contributed by atoms with Crippen molar-refractivity contribution in [2.24, 2.45) is 11.7 Å². The molecule has 0 saturated carbocycles. The molecule has 246 valence electrons. The Hall–Kier alpha value is -3.49. The zero-order valence-corrected chi connectivity index (χ0v) is 26.4. The fraction of sp³-hybridized carbons (Fsp3) is 0.500. The van der Waals surface area contributed by atoms with E-state index in [9.17, 15) is 22.8 Å². The summed E-state index contributed by atoms with van der Waals surface area (Å²) in [6.45, 7) is 2.86. The Morgan fingerprint density at radius 2 is 2.11 bits per heavy atom. The van der Waals surface area contributed by atoms with Crippen LogP contribution in [0.4, 0.5) is 18.9 Å². The number of carbonyl (C=O) groups excluding carboxylic acids is 1. The number of alkyl halides is 3. The predicted octanol–water partition coefficient (Wildman–Crippen LogP) is 2.87. The van der Waals surface area contributed by atoms with Gasteiger partial charge in [0, 0.05) is 56.9 Å². The fourth-order valence-corrected chi connectivity index (χ4v) is 5.63. The lowest BCUT2D eigenvalue weighted by Gasteiger charge is -2.38. The van der Waals surface area contributed by atoms with Crippen LogP contribution in [-0.2, 0) is 16.1 Å². The molecule has 0 aliphatic carbocycles. The van der Waals surface area contributed by atoms with Gasteiger partial charge in [0.15, 0.2) is 5.65 Å². The van der Waals surface area contributed by atoms with Gasteiger partial charge in [0.2, 0.25) is 5.91 Å². The van der Waals surface area contributed by atoms with Gasteiger partial charge in [0.25, 0.3) is 0 Å². The number of hydrogen-bond acceptors (Lipinski definition) is 9. The van der Waals surface area contributed by atoms with E-state index in [4.69, 9.17) is 15.6 Å². The number of piperidine rings is 1. The van der Waals surface area contributed by atoms with Crippen molar-refractivity contribution >= 4 is 47.4 Å². The maximum atomic E-state index is 13.6. The Morgan fingerprint density at radius 3 is 2.80 bits per heavy atom. The van der Waals surface area contributed by atoms with Crippen molar-refractivity contribution < 1.29 is 32.6 Å². The number of carboxylic acids is 1. The summed E-state index contributed by atoms with van der Waals surface area (Å²) in [5.41, 5.74) is 1.80. The van der Waals surface area contributed by atoms with Gasteiger partial charge in [-0.3, -0.25) is 13.9 Å². The van der Waals surface area contributed by atoms with Gasteiger partial charge in [-0.2, -0.15) is 18.3 Å². The van der Waals surface area contributed by atoms with Crippen LogP contribution in [-0.4, -0.2) is 111 Å². The summed E-state index contributed by atoms with van der Waals surface area (Å²) >= 11 is -0.282. The second kappa shape index (κ2) is 16.2. The number of carboxylic acid groups (broad SMARTS) is 1. The number of nitrogens with two attached hydrogens (primary N) is 1. The lowest BCUT2D eigenvalue weighted by Crippen LogP contribution is -2.52. The lowest BCUT2D eigenvalue weighted by molar-refractivity contribution is -0.136. The van der Waals surface area contributed by atoms with E-state index in [1.165, 1.54) is 27.7 Å². The number of nitrogens with zero attached hydrogens (tertiary/aromatic N) is 6. The van der Waals surface area contributed by atoms with E-state index in [0.29, 0.717) is 51.4 Å². The third-order valence-electron chi connectivity index (χ3n) is 7.10. The van der Waals surface area contributed by atoms with Crippen molar-refractivity contribution in [2.45, 2.75) is 36.0 Å². The number of carbonyl (C=O) groups is 2. The molecule has 0 radical (unpaired) electrons. The number of amides is 1. The topological polar surface area (TPSA) is 143 Å². The zero-order valence-electron chi connectivity index (χ0n) is 24.8. The minimum absolute atomic E-state index is 0. The van der Waals surface area contributed by atoms with E-state index >= 15 is 0 Å². The van der Waals surface area contributed by atoms with Gasteiger partial charge in [0.1, 0.15) is 10.7 Å². The summed E-state index contributed by atoms with van der Waals surface area (Å²) < 4.78 is 48.6. The molecule has 4 rings (SSSR count). The lowest BCUT2D eigenvalue weighted by atomic mass is 9.90. The van der Waals surface area contributed by atoms with Crippen LogP contribution < -0.4 is 11.1 Å². The number of nitrogens with one attached hydrogen (secondary N) is 1. The molecule has 4 N–H and O–H groups in total. The molecule has 0 unspecified atom stereocenters. The standard InChI is InChI=1S/C28H35F3N8O4S.ClH/c1-36-12-8-21(34-22-7-4-11-39-24(22)35-23(6-3-9-32)26(39)44-28(29,30)31)20(18-36)25(40)37(2)10-5-14-43-15-13-38-17-19(16-33-38)27(41)42;/h4,7,11,16-17,20-21,34H,5,8-10,12-15,18,32H2,1-2H3,(H,41,42);1H/t20-,21-;/m0./s1. The second-order valence-electron chi connectivity index (χ2n) is 10.4. The SMILES string of the molecule is CN1CC[C@H](Nc2cccn3c(SC(F)(F)F)c(C#CCN)nc23)[C@@H](C(=O)N(C)CCCOCCn2cc(C(=O)O)cn2)C1.Cl. The average Bonchev–Trinajstić information content (AvgIpc) is 3.59. The maximum absolute atomic E-state index is 13.6. The third-order valence-corrected chi connectivity index (χ3v) is 7.92. The molecule has 1 amide bonds. The van der Waals surface area contributed by atoms with Crippen molar-refractivity contribution in [3.63, 3.8) is 0 Å². The molecule has 0 bridgehead atoms. The maximum Gasteiger partial charge on any atom is 0.447 e. The van der Waals surface area contributed by atoms with Crippen LogP contribution in [0.3, 0.4) is 0 Å². The highest BCUT2D eigenvalue weighted by atomic mass is 35.5. The van der Waals surface area contributed by atoms with E-state index in [1.807, 2.05) is 7.05 Å². The number of halogens is 4. The monoisotopic (exact) mass is 672 g/mol. The minimum Gasteiger partial charge on any atom is -0.478 e. The van der Waals surface area contributed by atoms with Gasteiger partial charge in [0.05, 0.1) is 43.1 Å². The molecule has 0 spiro atoms. The van der Waals surface area contributed by atoms with Gasteiger partial charge in [-0.1, -0.05) is 5.92 Å². The van der Waals surface area contributed by atoms with Crippen LogP contribution in [0.2, 0.25) is 0 Å². The Morgan fingerprint density at radius 1 is 1.33 bits per heavy atom. The first-order valence-electron chi connectivity index (χ1n) is 14.0. The largest absolute Gasteiger partial charge is 0.478 e. The molecule has 1 fully saturated rings. The first-order chi connectivity index (χ1) is 21.0.